The van der Waals surface area contributed by atoms with Gasteiger partial charge in [-0.05, 0) is 43.0 Å². The number of benzene rings is 3. The number of nitrogens with one attached hydrogen (secondary N) is 1. The lowest BCUT2D eigenvalue weighted by Gasteiger charge is -2.27. The summed E-state index contributed by atoms with van der Waals surface area (Å²) in [5, 5.41) is 5.50. The average molecular weight is 426 g/mol. The summed E-state index contributed by atoms with van der Waals surface area (Å²) < 4.78 is 5.81. The van der Waals surface area contributed by atoms with Crippen molar-refractivity contribution in [1.82, 2.24) is 10.2 Å². The maximum atomic E-state index is 12.9. The molecule has 3 aromatic carbocycles. The van der Waals surface area contributed by atoms with Crippen molar-refractivity contribution in [2.24, 2.45) is 0 Å². The summed E-state index contributed by atoms with van der Waals surface area (Å²) in [5.41, 5.74) is 1.84. The molecule has 2 heterocycles. The Balaban J connectivity index is 1.22. The number of furan rings is 1. The van der Waals surface area contributed by atoms with Crippen molar-refractivity contribution in [1.29, 1.82) is 0 Å². The molecule has 1 N–H and O–H groups in total. The molecule has 32 heavy (non-hydrogen) atoms. The number of rotatable bonds is 6. The van der Waals surface area contributed by atoms with Crippen LogP contribution >= 0.6 is 0 Å². The molecule has 5 rings (SSSR count). The minimum atomic E-state index is -0.310. The summed E-state index contributed by atoms with van der Waals surface area (Å²) in [6.45, 7) is 2.06. The van der Waals surface area contributed by atoms with E-state index < -0.39 is 0 Å². The zero-order chi connectivity index (χ0) is 22.2. The Bertz CT molecular complexity index is 1290. The van der Waals surface area contributed by atoms with Crippen LogP contribution in [0.15, 0.2) is 71.1 Å². The predicted molar refractivity (Wildman–Crippen MR) is 121 cm³/mol. The van der Waals surface area contributed by atoms with Crippen molar-refractivity contribution in [3.05, 3.63) is 83.6 Å². The Kier molecular flexibility index (Phi) is 4.98. The maximum Gasteiger partial charge on any atom is 0.261 e. The summed E-state index contributed by atoms with van der Waals surface area (Å²) in [6, 6.07) is 20.2. The van der Waals surface area contributed by atoms with Gasteiger partial charge in [0.25, 0.3) is 11.8 Å². The molecule has 0 fully saturated rings. The van der Waals surface area contributed by atoms with Gasteiger partial charge < -0.3 is 9.73 Å². The van der Waals surface area contributed by atoms with Crippen LogP contribution in [-0.4, -0.2) is 29.2 Å². The van der Waals surface area contributed by atoms with Crippen molar-refractivity contribution in [3.63, 3.8) is 0 Å². The van der Waals surface area contributed by atoms with Crippen LogP contribution in [0.4, 0.5) is 0 Å². The molecule has 0 saturated carbocycles. The van der Waals surface area contributed by atoms with Gasteiger partial charge in [0.1, 0.15) is 11.3 Å². The molecule has 1 aliphatic rings. The standard InChI is InChI=1S/C26H22N2O4/c1-16(22-15-18-7-2-3-12-21(18)32-22)27-23(29)13-6-14-28-25(30)19-10-4-8-17-9-5-11-20(24(17)19)26(28)31/h2-5,7-12,15-16H,6,13-14H2,1H3,(H,27,29). The van der Waals surface area contributed by atoms with E-state index >= 15 is 0 Å². The molecule has 0 saturated heterocycles. The second-order valence-corrected chi connectivity index (χ2v) is 8.05. The first-order valence-corrected chi connectivity index (χ1v) is 10.7. The van der Waals surface area contributed by atoms with Crippen molar-refractivity contribution in [2.75, 3.05) is 6.54 Å². The van der Waals surface area contributed by atoms with Crippen molar-refractivity contribution in [3.8, 4) is 0 Å². The number of hydrogen-bond acceptors (Lipinski definition) is 4. The summed E-state index contributed by atoms with van der Waals surface area (Å²) in [4.78, 5) is 39.6. The van der Waals surface area contributed by atoms with Crippen molar-refractivity contribution in [2.45, 2.75) is 25.8 Å². The lowest BCUT2D eigenvalue weighted by Crippen LogP contribution is -2.41. The van der Waals surface area contributed by atoms with Gasteiger partial charge in [-0.1, -0.05) is 42.5 Å². The maximum absolute atomic E-state index is 12.9. The fraction of sp³-hybridized carbons (Fsp3) is 0.192. The monoisotopic (exact) mass is 426 g/mol. The third kappa shape index (κ3) is 3.43. The Hall–Kier alpha value is -3.93. The molecule has 0 spiro atoms. The van der Waals surface area contributed by atoms with E-state index in [2.05, 4.69) is 5.32 Å². The van der Waals surface area contributed by atoms with Crippen LogP contribution < -0.4 is 5.32 Å². The van der Waals surface area contributed by atoms with E-state index in [1.807, 2.05) is 61.5 Å². The van der Waals surface area contributed by atoms with Gasteiger partial charge in [-0.3, -0.25) is 19.3 Å². The van der Waals surface area contributed by atoms with E-state index in [9.17, 15) is 14.4 Å². The minimum absolute atomic E-state index is 0.155. The molecule has 6 heteroatoms. The summed E-state index contributed by atoms with van der Waals surface area (Å²) in [6.07, 6.45) is 0.585. The Morgan fingerprint density at radius 2 is 1.59 bits per heavy atom. The Labute approximate surface area is 184 Å². The molecule has 1 aliphatic heterocycles. The SMILES string of the molecule is CC(NC(=O)CCCN1C(=O)c2cccc3cccc(c23)C1=O)c1cc2ccccc2o1. The zero-order valence-corrected chi connectivity index (χ0v) is 17.6. The van der Waals surface area contributed by atoms with Crippen molar-refractivity contribution >= 4 is 39.5 Å². The molecule has 0 radical (unpaired) electrons. The van der Waals surface area contributed by atoms with E-state index in [0.717, 1.165) is 16.4 Å². The largest absolute Gasteiger partial charge is 0.459 e. The van der Waals surface area contributed by atoms with Crippen LogP contribution in [-0.2, 0) is 4.79 Å². The van der Waals surface area contributed by atoms with Gasteiger partial charge in [0.2, 0.25) is 5.91 Å². The van der Waals surface area contributed by atoms with Gasteiger partial charge in [0.05, 0.1) is 6.04 Å². The second kappa shape index (κ2) is 7.96. The minimum Gasteiger partial charge on any atom is -0.459 e. The second-order valence-electron chi connectivity index (χ2n) is 8.05. The van der Waals surface area contributed by atoms with Gasteiger partial charge in [-0.25, -0.2) is 0 Å². The highest BCUT2D eigenvalue weighted by molar-refractivity contribution is 6.25. The molecule has 160 valence electrons. The van der Waals surface area contributed by atoms with E-state index in [1.165, 1.54) is 4.90 Å². The van der Waals surface area contributed by atoms with Crippen molar-refractivity contribution < 1.29 is 18.8 Å². The third-order valence-corrected chi connectivity index (χ3v) is 5.89. The van der Waals surface area contributed by atoms with Gasteiger partial charge >= 0.3 is 0 Å². The third-order valence-electron chi connectivity index (χ3n) is 5.89. The number of amides is 3. The van der Waals surface area contributed by atoms with E-state index in [0.29, 0.717) is 28.7 Å². The number of hydrogen-bond donors (Lipinski definition) is 1. The molecule has 0 aliphatic carbocycles. The Morgan fingerprint density at radius 1 is 0.938 bits per heavy atom. The number of nitrogens with zero attached hydrogens (tertiary/aromatic N) is 1. The average Bonchev–Trinajstić information content (AvgIpc) is 3.24. The number of carbonyl (C=O) groups is 3. The normalized spacial score (nSPS) is 14.2. The first-order valence-electron chi connectivity index (χ1n) is 10.7. The smallest absolute Gasteiger partial charge is 0.261 e. The molecule has 1 aromatic heterocycles. The van der Waals surface area contributed by atoms with E-state index in [4.69, 9.17) is 4.42 Å². The lowest BCUT2D eigenvalue weighted by molar-refractivity contribution is -0.122. The van der Waals surface area contributed by atoms with Crippen LogP contribution in [0.5, 0.6) is 0 Å². The van der Waals surface area contributed by atoms with Gasteiger partial charge in [0.15, 0.2) is 0 Å². The van der Waals surface area contributed by atoms with Crippen LogP contribution in [0.2, 0.25) is 0 Å². The molecule has 3 amide bonds. The van der Waals surface area contributed by atoms with Crippen LogP contribution in [0.1, 0.15) is 52.3 Å². The molecule has 4 aromatic rings. The molecular formula is C26H22N2O4. The highest BCUT2D eigenvalue weighted by Gasteiger charge is 2.32. The van der Waals surface area contributed by atoms with Gasteiger partial charge in [0, 0.05) is 34.9 Å². The van der Waals surface area contributed by atoms with Gasteiger partial charge in [-0.2, -0.15) is 0 Å². The van der Waals surface area contributed by atoms with Gasteiger partial charge in [-0.15, -0.1) is 0 Å². The molecular weight excluding hydrogens is 404 g/mol. The zero-order valence-electron chi connectivity index (χ0n) is 17.6. The topological polar surface area (TPSA) is 79.6 Å². The van der Waals surface area contributed by atoms with Crippen LogP contribution in [0, 0.1) is 0 Å². The summed E-state index contributed by atoms with van der Waals surface area (Å²) in [7, 11) is 0. The predicted octanol–water partition coefficient (Wildman–Crippen LogP) is 4.84. The molecule has 0 bridgehead atoms. The number of para-hydroxylation sites is 1. The van der Waals surface area contributed by atoms with Crippen LogP contribution in [0.25, 0.3) is 21.7 Å². The number of fused-ring (bicyclic) bond motifs is 1. The Morgan fingerprint density at radius 3 is 2.28 bits per heavy atom. The van der Waals surface area contributed by atoms with E-state index in [-0.39, 0.29) is 36.7 Å². The summed E-state index contributed by atoms with van der Waals surface area (Å²) in [5.74, 6) is -0.0892. The molecule has 1 atom stereocenters. The number of imide groups is 1. The fourth-order valence-electron chi connectivity index (χ4n) is 4.28. The number of carbonyl (C=O) groups excluding carboxylic acids is 3. The molecule has 1 unspecified atom stereocenters. The van der Waals surface area contributed by atoms with Crippen LogP contribution in [0.3, 0.4) is 0 Å². The quantitative estimate of drug-likeness (QED) is 0.448. The lowest BCUT2D eigenvalue weighted by atomic mass is 9.94. The fourth-order valence-corrected chi connectivity index (χ4v) is 4.28. The highest BCUT2D eigenvalue weighted by atomic mass is 16.3. The summed E-state index contributed by atoms with van der Waals surface area (Å²) >= 11 is 0. The highest BCUT2D eigenvalue weighted by Crippen LogP contribution is 2.30. The van der Waals surface area contributed by atoms with E-state index in [1.54, 1.807) is 12.1 Å². The molecule has 6 nitrogen and oxygen atoms in total. The first-order chi connectivity index (χ1) is 15.5. The first kappa shape index (κ1) is 20.0.